The Bertz CT molecular complexity index is 1460. The van der Waals surface area contributed by atoms with Gasteiger partial charge in [-0.05, 0) is 73.9 Å². The second-order valence-corrected chi connectivity index (χ2v) is 12.1. The first-order valence-corrected chi connectivity index (χ1v) is 14.3. The molecule has 3 rings (SSSR count). The van der Waals surface area contributed by atoms with E-state index in [0.29, 0.717) is 5.56 Å². The number of sulfonamides is 1. The van der Waals surface area contributed by atoms with Crippen LogP contribution in [0.1, 0.15) is 30.5 Å². The van der Waals surface area contributed by atoms with Gasteiger partial charge in [0.15, 0.2) is 0 Å². The Morgan fingerprint density at radius 3 is 1.84 bits per heavy atom. The van der Waals surface area contributed by atoms with Gasteiger partial charge in [0.1, 0.15) is 16.7 Å². The lowest BCUT2D eigenvalue weighted by atomic mass is 10.1. The highest BCUT2D eigenvalue weighted by molar-refractivity contribution is 7.89. The molecule has 0 fully saturated rings. The van der Waals surface area contributed by atoms with E-state index < -0.39 is 32.1 Å². The van der Waals surface area contributed by atoms with Crippen LogP contribution in [0, 0.1) is 19.8 Å². The molecule has 9 nitrogen and oxygen atoms in total. The number of benzene rings is 3. The van der Waals surface area contributed by atoms with Crippen molar-refractivity contribution in [1.29, 1.82) is 0 Å². The molecule has 0 spiro atoms. The Labute approximate surface area is 217 Å². The molecule has 3 aromatic carbocycles. The number of amides is 1. The van der Waals surface area contributed by atoms with E-state index >= 15 is 0 Å². The minimum absolute atomic E-state index is 0.0455. The van der Waals surface area contributed by atoms with Gasteiger partial charge in [-0.25, -0.2) is 13.8 Å². The molecule has 0 bridgehead atoms. The van der Waals surface area contributed by atoms with Gasteiger partial charge in [-0.3, -0.25) is 4.79 Å². The Morgan fingerprint density at radius 2 is 1.32 bits per heavy atom. The lowest BCUT2D eigenvalue weighted by Gasteiger charge is -2.20. The maximum atomic E-state index is 12.7. The van der Waals surface area contributed by atoms with Gasteiger partial charge in [0, 0.05) is 0 Å². The van der Waals surface area contributed by atoms with E-state index in [1.165, 1.54) is 42.6 Å². The molecule has 11 heteroatoms. The molecule has 0 radical (unpaired) electrons. The van der Waals surface area contributed by atoms with E-state index in [-0.39, 0.29) is 21.5 Å². The van der Waals surface area contributed by atoms with Crippen LogP contribution < -0.4 is 14.3 Å². The predicted molar refractivity (Wildman–Crippen MR) is 141 cm³/mol. The minimum Gasteiger partial charge on any atom is -0.379 e. The number of nitrogens with one attached hydrogen (secondary N) is 2. The number of nitrogens with zero attached hydrogens (tertiary/aromatic N) is 1. The SMILES string of the molecule is Cc1ccc(S(=O)(=O)N[C@@H](C(=O)N/N=C\c2ccc(OS(=O)(=O)c3ccc(C)cc3)cc2)C(C)C)cc1. The molecular formula is C26H29N3O6S2. The first kappa shape index (κ1) is 28.0. The standard InChI is InChI=1S/C26H29N3O6S2/c1-18(2)25(29-36(31,32)23-13-5-19(3)6-14-23)26(30)28-27-17-21-9-11-22(12-10-21)35-37(33,34)24-15-7-20(4)8-16-24/h5-18,25,29H,1-4H3,(H,28,30)/b27-17-/t25-/m1/s1. The molecule has 0 saturated heterocycles. The zero-order valence-electron chi connectivity index (χ0n) is 20.9. The lowest BCUT2D eigenvalue weighted by Crippen LogP contribution is -2.48. The minimum atomic E-state index is -3.97. The van der Waals surface area contributed by atoms with Crippen molar-refractivity contribution < 1.29 is 25.8 Å². The average molecular weight is 544 g/mol. The van der Waals surface area contributed by atoms with Gasteiger partial charge in [0.2, 0.25) is 10.0 Å². The summed E-state index contributed by atoms with van der Waals surface area (Å²) >= 11 is 0. The Balaban J connectivity index is 1.62. The Morgan fingerprint density at radius 1 is 0.811 bits per heavy atom. The number of carbonyl (C=O) groups excluding carboxylic acids is 1. The largest absolute Gasteiger partial charge is 0.379 e. The predicted octanol–water partition coefficient (Wildman–Crippen LogP) is 3.52. The number of hydrogen-bond donors (Lipinski definition) is 2. The monoisotopic (exact) mass is 543 g/mol. The van der Waals surface area contributed by atoms with Gasteiger partial charge < -0.3 is 4.18 Å². The fraction of sp³-hybridized carbons (Fsp3) is 0.231. The van der Waals surface area contributed by atoms with Crippen LogP contribution in [0.3, 0.4) is 0 Å². The molecule has 1 amide bonds. The summed E-state index contributed by atoms with van der Waals surface area (Å²) in [4.78, 5) is 12.8. The molecule has 0 unspecified atom stereocenters. The molecule has 0 aromatic heterocycles. The molecule has 0 aliphatic heterocycles. The quantitative estimate of drug-likeness (QED) is 0.229. The van der Waals surface area contributed by atoms with Crippen molar-refractivity contribution in [1.82, 2.24) is 10.1 Å². The van der Waals surface area contributed by atoms with Crippen molar-refractivity contribution in [3.8, 4) is 5.75 Å². The van der Waals surface area contributed by atoms with Crippen LogP contribution in [-0.4, -0.2) is 35.0 Å². The Hall–Kier alpha value is -3.54. The molecule has 0 aliphatic carbocycles. The topological polar surface area (TPSA) is 131 Å². The van der Waals surface area contributed by atoms with Crippen molar-refractivity contribution in [3.05, 3.63) is 89.5 Å². The second-order valence-electron chi connectivity index (χ2n) is 8.81. The van der Waals surface area contributed by atoms with E-state index in [0.717, 1.165) is 11.1 Å². The lowest BCUT2D eigenvalue weighted by molar-refractivity contribution is -0.123. The molecule has 0 heterocycles. The van der Waals surface area contributed by atoms with Crippen molar-refractivity contribution in [3.63, 3.8) is 0 Å². The maximum absolute atomic E-state index is 12.7. The summed E-state index contributed by atoms with van der Waals surface area (Å²) < 4.78 is 57.9. The molecular weight excluding hydrogens is 514 g/mol. The molecule has 196 valence electrons. The van der Waals surface area contributed by atoms with Crippen LogP contribution in [0.15, 0.2) is 87.7 Å². The highest BCUT2D eigenvalue weighted by atomic mass is 32.2. The van der Waals surface area contributed by atoms with Gasteiger partial charge in [-0.2, -0.15) is 18.2 Å². The first-order chi connectivity index (χ1) is 17.4. The van der Waals surface area contributed by atoms with E-state index in [9.17, 15) is 21.6 Å². The van der Waals surface area contributed by atoms with E-state index in [1.807, 2.05) is 13.8 Å². The van der Waals surface area contributed by atoms with E-state index in [4.69, 9.17) is 4.18 Å². The van der Waals surface area contributed by atoms with Crippen LogP contribution >= 0.6 is 0 Å². The molecule has 2 N–H and O–H groups in total. The van der Waals surface area contributed by atoms with Crippen LogP contribution in [0.25, 0.3) is 0 Å². The van der Waals surface area contributed by atoms with Crippen LogP contribution in [0.4, 0.5) is 0 Å². The first-order valence-electron chi connectivity index (χ1n) is 11.4. The zero-order chi connectivity index (χ0) is 27.2. The summed E-state index contributed by atoms with van der Waals surface area (Å²) in [5.74, 6) is -0.847. The molecule has 1 atom stereocenters. The van der Waals surface area contributed by atoms with E-state index in [2.05, 4.69) is 15.2 Å². The summed E-state index contributed by atoms with van der Waals surface area (Å²) in [6.45, 7) is 7.14. The fourth-order valence-corrected chi connectivity index (χ4v) is 5.45. The highest BCUT2D eigenvalue weighted by Gasteiger charge is 2.28. The van der Waals surface area contributed by atoms with Crippen LogP contribution in [0.5, 0.6) is 5.75 Å². The molecule has 37 heavy (non-hydrogen) atoms. The number of aryl methyl sites for hydroxylation is 2. The Kier molecular flexibility index (Phi) is 8.85. The number of carbonyl (C=O) groups is 1. The summed E-state index contributed by atoms with van der Waals surface area (Å²) in [7, 11) is -7.88. The van der Waals surface area contributed by atoms with Crippen molar-refractivity contribution in [2.75, 3.05) is 0 Å². The molecule has 0 saturated carbocycles. The number of rotatable bonds is 10. The smallest absolute Gasteiger partial charge is 0.339 e. The third-order valence-electron chi connectivity index (χ3n) is 5.35. The third-order valence-corrected chi connectivity index (χ3v) is 8.06. The van der Waals surface area contributed by atoms with Crippen molar-refractivity contribution >= 4 is 32.3 Å². The third kappa shape index (κ3) is 7.72. The number of hydrazone groups is 1. The van der Waals surface area contributed by atoms with Gasteiger partial charge in [0.05, 0.1) is 11.1 Å². The summed E-state index contributed by atoms with van der Waals surface area (Å²) in [6.07, 6.45) is 1.35. The fourth-order valence-electron chi connectivity index (χ4n) is 3.17. The second kappa shape index (κ2) is 11.7. The normalized spacial score (nSPS) is 13.0. The summed E-state index contributed by atoms with van der Waals surface area (Å²) in [5.41, 5.74) is 4.75. The molecule has 0 aliphatic rings. The van der Waals surface area contributed by atoms with Gasteiger partial charge in [-0.1, -0.05) is 49.2 Å². The molecule has 3 aromatic rings. The average Bonchev–Trinajstić information content (AvgIpc) is 2.84. The number of hydrogen-bond acceptors (Lipinski definition) is 7. The van der Waals surface area contributed by atoms with Gasteiger partial charge in [-0.15, -0.1) is 0 Å². The van der Waals surface area contributed by atoms with E-state index in [1.54, 1.807) is 50.2 Å². The zero-order valence-corrected chi connectivity index (χ0v) is 22.5. The highest BCUT2D eigenvalue weighted by Crippen LogP contribution is 2.19. The van der Waals surface area contributed by atoms with Crippen molar-refractivity contribution in [2.24, 2.45) is 11.0 Å². The van der Waals surface area contributed by atoms with Gasteiger partial charge in [0.25, 0.3) is 5.91 Å². The van der Waals surface area contributed by atoms with Gasteiger partial charge >= 0.3 is 10.1 Å². The van der Waals surface area contributed by atoms with Crippen LogP contribution in [0.2, 0.25) is 0 Å². The summed E-state index contributed by atoms with van der Waals surface area (Å²) in [6, 6.07) is 17.6. The van der Waals surface area contributed by atoms with Crippen molar-refractivity contribution in [2.45, 2.75) is 43.5 Å². The van der Waals surface area contributed by atoms with Crippen LogP contribution in [-0.2, 0) is 24.9 Å². The summed E-state index contributed by atoms with van der Waals surface area (Å²) in [5, 5.41) is 3.90. The maximum Gasteiger partial charge on any atom is 0.339 e.